The van der Waals surface area contributed by atoms with Gasteiger partial charge in [-0.3, -0.25) is 9.69 Å². The van der Waals surface area contributed by atoms with Crippen molar-refractivity contribution in [2.45, 2.75) is 0 Å². The summed E-state index contributed by atoms with van der Waals surface area (Å²) < 4.78 is 28.4. The molecule has 1 saturated heterocycles. The summed E-state index contributed by atoms with van der Waals surface area (Å²) in [5, 5.41) is 26.3. The Bertz CT molecular complexity index is 1400. The van der Waals surface area contributed by atoms with E-state index >= 15 is 0 Å². The van der Waals surface area contributed by atoms with Gasteiger partial charge in [-0.2, -0.15) is 0 Å². The first-order valence-corrected chi connectivity index (χ1v) is 12.5. The van der Waals surface area contributed by atoms with Gasteiger partial charge in [-0.25, -0.2) is 9.59 Å². The average Bonchev–Trinajstić information content (AvgIpc) is 3.45. The SMILES string of the molecule is COc1c(C(=O)/C=C\c2ccccc2O)c(OCCN2CCOCC2)c(OC)c2occc12.O=C(O)/C=C/C(=O)O. The number of phenolic OH excluding ortho intramolecular Hbond substituents is 1. The molecule has 3 aromatic rings. The molecule has 3 N–H and O–H groups in total. The van der Waals surface area contributed by atoms with Gasteiger partial charge >= 0.3 is 11.9 Å². The minimum absolute atomic E-state index is 0.0818. The molecule has 0 saturated carbocycles. The summed E-state index contributed by atoms with van der Waals surface area (Å²) in [6.07, 6.45) is 5.57. The Balaban J connectivity index is 0.000000507. The lowest BCUT2D eigenvalue weighted by molar-refractivity contribution is -0.134. The first-order chi connectivity index (χ1) is 19.8. The number of carbonyl (C=O) groups excluding carboxylic acids is 1. The highest BCUT2D eigenvalue weighted by Crippen LogP contribution is 2.46. The van der Waals surface area contributed by atoms with Crippen LogP contribution in [-0.4, -0.2) is 91.6 Å². The molecule has 0 amide bonds. The second-order valence-corrected chi connectivity index (χ2v) is 8.50. The zero-order valence-electron chi connectivity index (χ0n) is 22.6. The number of carbonyl (C=O) groups is 3. The molecule has 0 aliphatic carbocycles. The van der Waals surface area contributed by atoms with Crippen molar-refractivity contribution >= 4 is 34.8 Å². The van der Waals surface area contributed by atoms with Crippen molar-refractivity contribution in [3.05, 3.63) is 65.9 Å². The van der Waals surface area contributed by atoms with Gasteiger partial charge in [-0.05, 0) is 24.3 Å². The lowest BCUT2D eigenvalue weighted by Crippen LogP contribution is -2.38. The highest BCUT2D eigenvalue weighted by Gasteiger charge is 2.28. The van der Waals surface area contributed by atoms with Crippen molar-refractivity contribution in [2.24, 2.45) is 0 Å². The van der Waals surface area contributed by atoms with Gasteiger partial charge in [-0.1, -0.05) is 18.2 Å². The minimum atomic E-state index is -1.26. The number of allylic oxidation sites excluding steroid dienone is 1. The van der Waals surface area contributed by atoms with E-state index in [9.17, 15) is 19.5 Å². The van der Waals surface area contributed by atoms with Crippen LogP contribution in [0.1, 0.15) is 15.9 Å². The Morgan fingerprint density at radius 1 is 0.927 bits per heavy atom. The summed E-state index contributed by atoms with van der Waals surface area (Å²) in [6, 6.07) is 8.50. The third kappa shape index (κ3) is 8.34. The number of carboxylic acid groups (broad SMARTS) is 2. The molecule has 41 heavy (non-hydrogen) atoms. The minimum Gasteiger partial charge on any atom is -0.507 e. The fourth-order valence-electron chi connectivity index (χ4n) is 4.00. The quantitative estimate of drug-likeness (QED) is 0.228. The molecule has 0 bridgehead atoms. The number of nitrogens with zero attached hydrogens (tertiary/aromatic N) is 1. The maximum Gasteiger partial charge on any atom is 0.328 e. The Kier molecular flexibility index (Phi) is 11.3. The fraction of sp³-hybridized carbons (Fsp3) is 0.276. The predicted octanol–water partition coefficient (Wildman–Crippen LogP) is 3.47. The Morgan fingerprint density at radius 2 is 1.59 bits per heavy atom. The van der Waals surface area contributed by atoms with Crippen LogP contribution in [0.3, 0.4) is 0 Å². The number of carboxylic acids is 2. The molecular formula is C29H31NO11. The number of para-hydroxylation sites is 1. The lowest BCUT2D eigenvalue weighted by atomic mass is 10.0. The van der Waals surface area contributed by atoms with Crippen LogP contribution < -0.4 is 14.2 Å². The zero-order valence-corrected chi connectivity index (χ0v) is 22.6. The summed E-state index contributed by atoms with van der Waals surface area (Å²) in [5.41, 5.74) is 1.20. The highest BCUT2D eigenvalue weighted by molar-refractivity contribution is 6.15. The molecule has 2 aromatic carbocycles. The number of aromatic hydroxyl groups is 1. The van der Waals surface area contributed by atoms with Crippen LogP contribution >= 0.6 is 0 Å². The molecular weight excluding hydrogens is 538 g/mol. The molecule has 1 aliphatic heterocycles. The number of hydrogen-bond acceptors (Lipinski definition) is 10. The standard InChI is InChI=1S/C25H27NO7.C4H4O4/c1-29-22-18-9-13-32-23(18)25(30-2)24(33-16-12-26-10-14-31-15-11-26)21(22)20(28)8-7-17-5-3-4-6-19(17)27;5-3(6)1-2-4(7)8/h3-9,13,27H,10-12,14-16H2,1-2H3;1-2H,(H,5,6)(H,7,8)/b8-7-;2-1+. The Labute approximate surface area is 235 Å². The van der Waals surface area contributed by atoms with Crippen LogP contribution in [0.25, 0.3) is 17.0 Å². The zero-order chi connectivity index (χ0) is 29.8. The number of aliphatic carboxylic acids is 2. The van der Waals surface area contributed by atoms with Crippen LogP contribution in [0.15, 0.2) is 59.2 Å². The molecule has 12 heteroatoms. The first kappa shape index (κ1) is 30.7. The van der Waals surface area contributed by atoms with E-state index in [4.69, 9.17) is 33.6 Å². The third-order valence-electron chi connectivity index (χ3n) is 5.91. The van der Waals surface area contributed by atoms with E-state index in [-0.39, 0.29) is 22.8 Å². The molecule has 218 valence electrons. The second-order valence-electron chi connectivity index (χ2n) is 8.50. The lowest BCUT2D eigenvalue weighted by Gasteiger charge is -2.26. The van der Waals surface area contributed by atoms with Crippen LogP contribution in [0.5, 0.6) is 23.0 Å². The molecule has 1 aromatic heterocycles. The summed E-state index contributed by atoms with van der Waals surface area (Å²) in [4.78, 5) is 34.7. The summed E-state index contributed by atoms with van der Waals surface area (Å²) in [5.74, 6) is -1.85. The van der Waals surface area contributed by atoms with Crippen molar-refractivity contribution in [1.82, 2.24) is 4.90 Å². The van der Waals surface area contributed by atoms with E-state index in [1.165, 1.54) is 26.6 Å². The van der Waals surface area contributed by atoms with Crippen molar-refractivity contribution < 1.29 is 53.1 Å². The first-order valence-electron chi connectivity index (χ1n) is 12.5. The molecule has 4 rings (SSSR count). The number of phenols is 1. The van der Waals surface area contributed by atoms with Gasteiger partial charge in [0.2, 0.25) is 5.75 Å². The van der Waals surface area contributed by atoms with E-state index in [0.717, 1.165) is 13.1 Å². The van der Waals surface area contributed by atoms with Gasteiger partial charge in [0.25, 0.3) is 0 Å². The molecule has 0 atom stereocenters. The molecule has 1 fully saturated rings. The third-order valence-corrected chi connectivity index (χ3v) is 5.91. The topological polar surface area (TPSA) is 165 Å². The number of ketones is 1. The highest BCUT2D eigenvalue weighted by atomic mass is 16.5. The van der Waals surface area contributed by atoms with E-state index < -0.39 is 11.9 Å². The molecule has 0 spiro atoms. The van der Waals surface area contributed by atoms with Gasteiger partial charge < -0.3 is 38.7 Å². The molecule has 1 aliphatic rings. The molecule has 2 heterocycles. The summed E-state index contributed by atoms with van der Waals surface area (Å²) in [7, 11) is 3.00. The van der Waals surface area contributed by atoms with Crippen molar-refractivity contribution in [1.29, 1.82) is 0 Å². The largest absolute Gasteiger partial charge is 0.507 e. The van der Waals surface area contributed by atoms with Crippen molar-refractivity contribution in [3.8, 4) is 23.0 Å². The van der Waals surface area contributed by atoms with E-state index in [1.807, 2.05) is 0 Å². The van der Waals surface area contributed by atoms with Gasteiger partial charge in [0.05, 0.1) is 39.1 Å². The monoisotopic (exact) mass is 569 g/mol. The molecule has 0 unspecified atom stereocenters. The number of benzene rings is 2. The molecule has 0 radical (unpaired) electrons. The smallest absolute Gasteiger partial charge is 0.328 e. The fourth-order valence-corrected chi connectivity index (χ4v) is 4.00. The van der Waals surface area contributed by atoms with E-state index in [0.29, 0.717) is 66.5 Å². The van der Waals surface area contributed by atoms with Crippen LogP contribution in [0.4, 0.5) is 0 Å². The normalized spacial score (nSPS) is 13.6. The number of hydrogen-bond donors (Lipinski definition) is 3. The Hall–Kier alpha value is -4.81. The van der Waals surface area contributed by atoms with E-state index in [2.05, 4.69) is 4.90 Å². The number of rotatable bonds is 11. The summed E-state index contributed by atoms with van der Waals surface area (Å²) in [6.45, 7) is 4.06. The van der Waals surface area contributed by atoms with Crippen molar-refractivity contribution in [2.75, 3.05) is 53.7 Å². The molecule has 12 nitrogen and oxygen atoms in total. The second kappa shape index (κ2) is 15.1. The number of morpholine rings is 1. The van der Waals surface area contributed by atoms with E-state index in [1.54, 1.807) is 36.4 Å². The predicted molar refractivity (Wildman–Crippen MR) is 148 cm³/mol. The van der Waals surface area contributed by atoms with Crippen molar-refractivity contribution in [3.63, 3.8) is 0 Å². The van der Waals surface area contributed by atoms with Crippen LogP contribution in [0.2, 0.25) is 0 Å². The number of ether oxygens (including phenoxy) is 4. The Morgan fingerprint density at radius 3 is 2.20 bits per heavy atom. The van der Waals surface area contributed by atoms with Gasteiger partial charge in [0.1, 0.15) is 23.7 Å². The number of fused-ring (bicyclic) bond motifs is 1. The van der Waals surface area contributed by atoms with Gasteiger partial charge in [-0.15, -0.1) is 0 Å². The average molecular weight is 570 g/mol. The summed E-state index contributed by atoms with van der Waals surface area (Å²) >= 11 is 0. The van der Waals surface area contributed by atoms with Gasteiger partial charge in [0, 0.05) is 37.3 Å². The van der Waals surface area contributed by atoms with Crippen LogP contribution in [0, 0.1) is 0 Å². The number of methoxy groups -OCH3 is 2. The maximum absolute atomic E-state index is 13.4. The van der Waals surface area contributed by atoms with Gasteiger partial charge in [0.15, 0.2) is 17.1 Å². The van der Waals surface area contributed by atoms with Crippen LogP contribution in [-0.2, 0) is 14.3 Å². The number of furan rings is 1. The maximum atomic E-state index is 13.4.